The van der Waals surface area contributed by atoms with Gasteiger partial charge < -0.3 is 9.64 Å². The minimum atomic E-state index is -0.753. The van der Waals surface area contributed by atoms with Gasteiger partial charge in [-0.3, -0.25) is 9.88 Å². The van der Waals surface area contributed by atoms with Crippen LogP contribution in [0, 0.1) is 5.82 Å². The van der Waals surface area contributed by atoms with Gasteiger partial charge in [0.15, 0.2) is 5.75 Å². The van der Waals surface area contributed by atoms with Crippen LogP contribution in [0.3, 0.4) is 0 Å². The number of carbonyl (C=O) groups is 1. The highest BCUT2D eigenvalue weighted by Gasteiger charge is 2.22. The molecule has 0 bridgehead atoms. The number of ether oxygens (including phenoxy) is 1. The van der Waals surface area contributed by atoms with E-state index < -0.39 is 11.8 Å². The zero-order chi connectivity index (χ0) is 20.4. The van der Waals surface area contributed by atoms with Crippen LogP contribution in [0.2, 0.25) is 5.02 Å². The number of carbonyl (C=O) groups excluding carboxylic acids is 1. The van der Waals surface area contributed by atoms with Crippen LogP contribution in [0.4, 0.5) is 4.39 Å². The zero-order valence-electron chi connectivity index (χ0n) is 16.1. The summed E-state index contributed by atoms with van der Waals surface area (Å²) in [5.41, 5.74) is 1.14. The van der Waals surface area contributed by atoms with E-state index in [-0.39, 0.29) is 5.56 Å². The number of piperazine rings is 1. The molecule has 5 nitrogen and oxygen atoms in total. The van der Waals surface area contributed by atoms with Gasteiger partial charge in [0.1, 0.15) is 11.3 Å². The molecule has 0 unspecified atom stereocenters. The SMILES string of the molecule is CN1CCN(Cc2cc(Cl)c3cccnc3c2OC(=O)c2ccccc2F)CC1. The smallest absolute Gasteiger partial charge is 0.346 e. The molecule has 0 atom stereocenters. The maximum atomic E-state index is 14.1. The highest BCUT2D eigenvalue weighted by atomic mass is 35.5. The second kappa shape index (κ2) is 8.45. The summed E-state index contributed by atoms with van der Waals surface area (Å²) in [7, 11) is 2.09. The number of hydrogen-bond donors (Lipinski definition) is 0. The Balaban J connectivity index is 1.73. The van der Waals surface area contributed by atoms with Crippen LogP contribution in [-0.4, -0.2) is 54.0 Å². The Hall–Kier alpha value is -2.54. The average molecular weight is 414 g/mol. The molecule has 1 aliphatic heterocycles. The fourth-order valence-corrected chi connectivity index (χ4v) is 3.76. The summed E-state index contributed by atoms with van der Waals surface area (Å²) < 4.78 is 19.8. The Morgan fingerprint density at radius 3 is 2.69 bits per heavy atom. The third-order valence-corrected chi connectivity index (χ3v) is 5.46. The molecule has 0 spiro atoms. The number of benzene rings is 2. The molecular weight excluding hydrogens is 393 g/mol. The van der Waals surface area contributed by atoms with Crippen LogP contribution in [0.5, 0.6) is 5.75 Å². The molecule has 150 valence electrons. The quantitative estimate of drug-likeness (QED) is 0.478. The average Bonchev–Trinajstić information content (AvgIpc) is 2.73. The summed E-state index contributed by atoms with van der Waals surface area (Å²) in [5, 5.41) is 1.23. The van der Waals surface area contributed by atoms with Crippen molar-refractivity contribution in [1.29, 1.82) is 0 Å². The first kappa shape index (κ1) is 19.8. The fourth-order valence-electron chi connectivity index (χ4n) is 3.48. The molecule has 1 aliphatic rings. The van der Waals surface area contributed by atoms with E-state index in [0.717, 1.165) is 31.7 Å². The van der Waals surface area contributed by atoms with Crippen LogP contribution in [0.1, 0.15) is 15.9 Å². The van der Waals surface area contributed by atoms with E-state index in [4.69, 9.17) is 16.3 Å². The molecule has 0 radical (unpaired) electrons. The molecule has 7 heteroatoms. The number of pyridine rings is 1. The first-order valence-corrected chi connectivity index (χ1v) is 9.84. The third-order valence-electron chi connectivity index (χ3n) is 5.15. The third kappa shape index (κ3) is 4.24. The number of rotatable bonds is 4. The van der Waals surface area contributed by atoms with Gasteiger partial charge in [-0.15, -0.1) is 0 Å². The fraction of sp³-hybridized carbons (Fsp3) is 0.273. The van der Waals surface area contributed by atoms with E-state index >= 15 is 0 Å². The number of esters is 1. The monoisotopic (exact) mass is 413 g/mol. The van der Waals surface area contributed by atoms with E-state index in [2.05, 4.69) is 21.8 Å². The molecule has 2 aromatic carbocycles. The summed E-state index contributed by atoms with van der Waals surface area (Å²) in [6, 6.07) is 11.2. The maximum absolute atomic E-state index is 14.1. The number of likely N-dealkylation sites (N-methyl/N-ethyl adjacent to an activating group) is 1. The van der Waals surface area contributed by atoms with Crippen molar-refractivity contribution in [2.45, 2.75) is 6.54 Å². The van der Waals surface area contributed by atoms with Gasteiger partial charge in [-0.2, -0.15) is 0 Å². The molecular formula is C22H21ClFN3O2. The van der Waals surface area contributed by atoms with Crippen molar-refractivity contribution in [2.24, 2.45) is 0 Å². The van der Waals surface area contributed by atoms with E-state index in [1.165, 1.54) is 18.2 Å². The van der Waals surface area contributed by atoms with E-state index in [1.807, 2.05) is 12.1 Å². The van der Waals surface area contributed by atoms with E-state index in [1.54, 1.807) is 18.3 Å². The van der Waals surface area contributed by atoms with Crippen molar-refractivity contribution in [1.82, 2.24) is 14.8 Å². The van der Waals surface area contributed by atoms with Crippen molar-refractivity contribution in [3.63, 3.8) is 0 Å². The van der Waals surface area contributed by atoms with E-state index in [0.29, 0.717) is 28.2 Å². The van der Waals surface area contributed by atoms with Crippen molar-refractivity contribution in [2.75, 3.05) is 33.2 Å². The first-order chi connectivity index (χ1) is 14.0. The Morgan fingerprint density at radius 1 is 1.17 bits per heavy atom. The maximum Gasteiger partial charge on any atom is 0.346 e. The predicted octanol–water partition coefficient (Wildman–Crippen LogP) is 3.99. The highest BCUT2D eigenvalue weighted by Crippen LogP contribution is 2.35. The van der Waals surface area contributed by atoms with Gasteiger partial charge in [0.2, 0.25) is 0 Å². The first-order valence-electron chi connectivity index (χ1n) is 9.46. The molecule has 3 aromatic rings. The molecule has 4 rings (SSSR count). The van der Waals surface area contributed by atoms with Gasteiger partial charge in [-0.25, -0.2) is 9.18 Å². The molecule has 0 amide bonds. The number of fused-ring (bicyclic) bond motifs is 1. The van der Waals surface area contributed by atoms with Crippen LogP contribution in [0.25, 0.3) is 10.9 Å². The summed E-state index contributed by atoms with van der Waals surface area (Å²) in [6.45, 7) is 4.29. The molecule has 2 heterocycles. The second-order valence-corrected chi connectivity index (χ2v) is 7.60. The van der Waals surface area contributed by atoms with Crippen molar-refractivity contribution >= 4 is 28.5 Å². The Labute approximate surface area is 173 Å². The molecule has 0 N–H and O–H groups in total. The van der Waals surface area contributed by atoms with E-state index in [9.17, 15) is 9.18 Å². The molecule has 1 fully saturated rings. The minimum Gasteiger partial charge on any atom is -0.420 e. The van der Waals surface area contributed by atoms with Gasteiger partial charge in [-0.1, -0.05) is 23.7 Å². The number of nitrogens with zero attached hydrogens (tertiary/aromatic N) is 3. The number of aromatic nitrogens is 1. The molecule has 29 heavy (non-hydrogen) atoms. The minimum absolute atomic E-state index is 0.114. The lowest BCUT2D eigenvalue weighted by Crippen LogP contribution is -2.43. The van der Waals surface area contributed by atoms with Gasteiger partial charge >= 0.3 is 5.97 Å². The van der Waals surface area contributed by atoms with Gasteiger partial charge in [0, 0.05) is 49.9 Å². The van der Waals surface area contributed by atoms with Crippen molar-refractivity contribution < 1.29 is 13.9 Å². The Kier molecular flexibility index (Phi) is 5.76. The van der Waals surface area contributed by atoms with Crippen molar-refractivity contribution in [3.8, 4) is 5.75 Å². The Morgan fingerprint density at radius 2 is 1.93 bits per heavy atom. The highest BCUT2D eigenvalue weighted by molar-refractivity contribution is 6.35. The number of halogens is 2. The normalized spacial score (nSPS) is 15.6. The number of hydrogen-bond acceptors (Lipinski definition) is 5. The van der Waals surface area contributed by atoms with Gasteiger partial charge in [0.25, 0.3) is 0 Å². The lowest BCUT2D eigenvalue weighted by atomic mass is 10.1. The van der Waals surface area contributed by atoms with Crippen LogP contribution >= 0.6 is 11.6 Å². The zero-order valence-corrected chi connectivity index (χ0v) is 16.8. The summed E-state index contributed by atoms with van der Waals surface area (Å²) >= 11 is 6.49. The van der Waals surface area contributed by atoms with Crippen molar-refractivity contribution in [3.05, 3.63) is 70.6 Å². The molecule has 0 saturated carbocycles. The van der Waals surface area contributed by atoms with Crippen LogP contribution in [0.15, 0.2) is 48.7 Å². The Bertz CT molecular complexity index is 1050. The molecule has 1 saturated heterocycles. The summed E-state index contributed by atoms with van der Waals surface area (Å²) in [6.07, 6.45) is 1.62. The lowest BCUT2D eigenvalue weighted by molar-refractivity contribution is 0.0727. The summed E-state index contributed by atoms with van der Waals surface area (Å²) in [4.78, 5) is 21.6. The summed E-state index contributed by atoms with van der Waals surface area (Å²) in [5.74, 6) is -1.04. The standard InChI is InChI=1S/C22H21ClFN3O2/c1-26-9-11-27(12-10-26)14-15-13-18(23)16-6-4-8-25-20(16)21(15)29-22(28)17-5-2-3-7-19(17)24/h2-8,13H,9-12,14H2,1H3. The molecule has 1 aromatic heterocycles. The largest absolute Gasteiger partial charge is 0.420 e. The molecule has 0 aliphatic carbocycles. The second-order valence-electron chi connectivity index (χ2n) is 7.19. The van der Waals surface area contributed by atoms with Gasteiger partial charge in [-0.05, 0) is 37.4 Å². The van der Waals surface area contributed by atoms with Crippen LogP contribution in [-0.2, 0) is 6.54 Å². The lowest BCUT2D eigenvalue weighted by Gasteiger charge is -2.32. The predicted molar refractivity (Wildman–Crippen MR) is 111 cm³/mol. The van der Waals surface area contributed by atoms with Gasteiger partial charge in [0.05, 0.1) is 10.6 Å². The topological polar surface area (TPSA) is 45.7 Å². The van der Waals surface area contributed by atoms with Crippen LogP contribution < -0.4 is 4.74 Å².